The third-order valence-corrected chi connectivity index (χ3v) is 4.72. The van der Waals surface area contributed by atoms with E-state index in [0.717, 1.165) is 37.3 Å². The highest BCUT2D eigenvalue weighted by Crippen LogP contribution is 2.27. The molecule has 0 spiro atoms. The quantitative estimate of drug-likeness (QED) is 0.618. The lowest BCUT2D eigenvalue weighted by atomic mass is 10.1. The standard InChI is InChI=1S/C18H18ClN3O4/c19-14-2-4-15(5-3-14)21-8-7-12(11-21)10-20-18(24)13-1-6-16(22(25)26)17(23)9-13/h1-6,9,12,23H,7-8,10-11H2,(H,20,24). The molecule has 1 unspecified atom stereocenters. The first-order valence-electron chi connectivity index (χ1n) is 8.20. The highest BCUT2D eigenvalue weighted by Gasteiger charge is 2.23. The van der Waals surface area contributed by atoms with Crippen molar-refractivity contribution in [2.45, 2.75) is 6.42 Å². The van der Waals surface area contributed by atoms with E-state index in [1.54, 1.807) is 0 Å². The molecule has 1 aliphatic heterocycles. The third-order valence-electron chi connectivity index (χ3n) is 4.46. The van der Waals surface area contributed by atoms with E-state index in [2.05, 4.69) is 10.2 Å². The second-order valence-corrected chi connectivity index (χ2v) is 6.68. The summed E-state index contributed by atoms with van der Waals surface area (Å²) in [6.45, 7) is 2.23. The summed E-state index contributed by atoms with van der Waals surface area (Å²) in [5.74, 6) is -0.571. The minimum absolute atomic E-state index is 0.195. The van der Waals surface area contributed by atoms with Gasteiger partial charge in [0.05, 0.1) is 4.92 Å². The van der Waals surface area contributed by atoms with Crippen LogP contribution < -0.4 is 10.2 Å². The number of amides is 1. The molecule has 0 radical (unpaired) electrons. The summed E-state index contributed by atoms with van der Waals surface area (Å²) in [4.78, 5) is 24.5. The fourth-order valence-electron chi connectivity index (χ4n) is 3.04. The number of phenols is 1. The normalized spacial score (nSPS) is 16.5. The van der Waals surface area contributed by atoms with Crippen LogP contribution in [-0.4, -0.2) is 35.6 Å². The van der Waals surface area contributed by atoms with Crippen LogP contribution in [0.25, 0.3) is 0 Å². The van der Waals surface area contributed by atoms with E-state index >= 15 is 0 Å². The summed E-state index contributed by atoms with van der Waals surface area (Å²) in [6, 6.07) is 11.2. The van der Waals surface area contributed by atoms with E-state index in [4.69, 9.17) is 11.6 Å². The van der Waals surface area contributed by atoms with Crippen LogP contribution in [0.2, 0.25) is 5.02 Å². The number of benzene rings is 2. The number of hydrogen-bond acceptors (Lipinski definition) is 5. The Labute approximate surface area is 155 Å². The summed E-state index contributed by atoms with van der Waals surface area (Å²) >= 11 is 5.91. The van der Waals surface area contributed by atoms with Crippen LogP contribution in [0.15, 0.2) is 42.5 Å². The second kappa shape index (κ2) is 7.61. The maximum Gasteiger partial charge on any atom is 0.310 e. The number of carbonyl (C=O) groups is 1. The minimum atomic E-state index is -0.694. The number of nitrogens with one attached hydrogen (secondary N) is 1. The average molecular weight is 376 g/mol. The van der Waals surface area contributed by atoms with E-state index in [0.29, 0.717) is 17.5 Å². The van der Waals surface area contributed by atoms with Crippen molar-refractivity contribution < 1.29 is 14.8 Å². The zero-order valence-electron chi connectivity index (χ0n) is 13.9. The van der Waals surface area contributed by atoms with Gasteiger partial charge in [0.25, 0.3) is 5.91 Å². The van der Waals surface area contributed by atoms with Gasteiger partial charge >= 0.3 is 5.69 Å². The fourth-order valence-corrected chi connectivity index (χ4v) is 3.17. The largest absolute Gasteiger partial charge is 0.502 e. The number of carbonyl (C=O) groups excluding carboxylic acids is 1. The van der Waals surface area contributed by atoms with Crippen molar-refractivity contribution in [3.63, 3.8) is 0 Å². The maximum atomic E-state index is 12.2. The van der Waals surface area contributed by atoms with Crippen LogP contribution >= 0.6 is 11.6 Å². The van der Waals surface area contributed by atoms with E-state index in [-0.39, 0.29) is 11.5 Å². The second-order valence-electron chi connectivity index (χ2n) is 6.25. The number of rotatable bonds is 5. The Balaban J connectivity index is 1.54. The molecule has 0 aromatic heterocycles. The average Bonchev–Trinajstić information content (AvgIpc) is 3.09. The Morgan fingerprint density at radius 2 is 2.04 bits per heavy atom. The molecule has 8 heteroatoms. The molecule has 1 saturated heterocycles. The van der Waals surface area contributed by atoms with Crippen LogP contribution in [0, 0.1) is 16.0 Å². The SMILES string of the molecule is O=C(NCC1CCN(c2ccc(Cl)cc2)C1)c1ccc([N+](=O)[O-])c(O)c1. The van der Waals surface area contributed by atoms with Gasteiger partial charge in [-0.05, 0) is 48.7 Å². The molecular formula is C18H18ClN3O4. The number of hydrogen-bond donors (Lipinski definition) is 2. The number of anilines is 1. The molecule has 0 aliphatic carbocycles. The van der Waals surface area contributed by atoms with E-state index in [1.807, 2.05) is 24.3 Å². The van der Waals surface area contributed by atoms with Gasteiger partial charge in [0, 0.05) is 42.0 Å². The zero-order valence-corrected chi connectivity index (χ0v) is 14.6. The van der Waals surface area contributed by atoms with Crippen LogP contribution in [0.4, 0.5) is 11.4 Å². The van der Waals surface area contributed by atoms with Gasteiger partial charge in [0.2, 0.25) is 0 Å². The Morgan fingerprint density at radius 3 is 2.69 bits per heavy atom. The summed E-state index contributed by atoms with van der Waals surface area (Å²) in [6.07, 6.45) is 0.953. The Morgan fingerprint density at radius 1 is 1.31 bits per heavy atom. The lowest BCUT2D eigenvalue weighted by Crippen LogP contribution is -2.31. The molecule has 2 aromatic carbocycles. The lowest BCUT2D eigenvalue weighted by molar-refractivity contribution is -0.385. The molecule has 26 heavy (non-hydrogen) atoms. The molecule has 2 N–H and O–H groups in total. The fraction of sp³-hybridized carbons (Fsp3) is 0.278. The molecular weight excluding hydrogens is 358 g/mol. The maximum absolute atomic E-state index is 12.2. The van der Waals surface area contributed by atoms with Crippen molar-refractivity contribution >= 4 is 28.9 Å². The van der Waals surface area contributed by atoms with Gasteiger partial charge in [-0.3, -0.25) is 14.9 Å². The van der Waals surface area contributed by atoms with Crippen LogP contribution in [0.5, 0.6) is 5.75 Å². The molecule has 0 bridgehead atoms. The molecule has 2 aromatic rings. The summed E-state index contributed by atoms with van der Waals surface area (Å²) < 4.78 is 0. The predicted molar refractivity (Wildman–Crippen MR) is 98.9 cm³/mol. The monoisotopic (exact) mass is 375 g/mol. The molecule has 1 heterocycles. The number of nitro groups is 1. The van der Waals surface area contributed by atoms with Gasteiger partial charge in [-0.15, -0.1) is 0 Å². The van der Waals surface area contributed by atoms with Crippen molar-refractivity contribution in [2.24, 2.45) is 5.92 Å². The van der Waals surface area contributed by atoms with Crippen molar-refractivity contribution in [2.75, 3.05) is 24.5 Å². The van der Waals surface area contributed by atoms with Crippen LogP contribution in [-0.2, 0) is 0 Å². The molecule has 1 fully saturated rings. The number of aromatic hydroxyl groups is 1. The third kappa shape index (κ3) is 4.05. The van der Waals surface area contributed by atoms with E-state index in [9.17, 15) is 20.0 Å². The summed E-state index contributed by atoms with van der Waals surface area (Å²) in [7, 11) is 0. The minimum Gasteiger partial charge on any atom is -0.502 e. The molecule has 0 saturated carbocycles. The Kier molecular flexibility index (Phi) is 5.27. The van der Waals surface area contributed by atoms with Crippen molar-refractivity contribution in [1.29, 1.82) is 0 Å². The highest BCUT2D eigenvalue weighted by molar-refractivity contribution is 6.30. The number of nitrogens with zero attached hydrogens (tertiary/aromatic N) is 2. The van der Waals surface area contributed by atoms with Crippen LogP contribution in [0.1, 0.15) is 16.8 Å². The molecule has 1 aliphatic rings. The Bertz CT molecular complexity index is 826. The first kappa shape index (κ1) is 18.0. The Hall–Kier alpha value is -2.80. The highest BCUT2D eigenvalue weighted by atomic mass is 35.5. The zero-order chi connectivity index (χ0) is 18.7. The van der Waals surface area contributed by atoms with Crippen molar-refractivity contribution in [3.8, 4) is 5.75 Å². The summed E-state index contributed by atoms with van der Waals surface area (Å²) in [5, 5.41) is 23.9. The van der Waals surface area contributed by atoms with E-state index in [1.165, 1.54) is 6.07 Å². The van der Waals surface area contributed by atoms with Crippen molar-refractivity contribution in [1.82, 2.24) is 5.32 Å². The first-order valence-corrected chi connectivity index (χ1v) is 8.58. The van der Waals surface area contributed by atoms with Gasteiger partial charge in [0.1, 0.15) is 0 Å². The molecule has 1 atom stereocenters. The number of nitro benzene ring substituents is 1. The summed E-state index contributed by atoms with van der Waals surface area (Å²) in [5.41, 5.74) is 0.875. The predicted octanol–water partition coefficient (Wildman–Crippen LogP) is 3.21. The molecule has 1 amide bonds. The van der Waals surface area contributed by atoms with Gasteiger partial charge in [-0.25, -0.2) is 0 Å². The number of phenolic OH excluding ortho intramolecular Hbond substituents is 1. The van der Waals surface area contributed by atoms with Crippen molar-refractivity contribution in [3.05, 3.63) is 63.2 Å². The van der Waals surface area contributed by atoms with Gasteiger partial charge in [-0.1, -0.05) is 11.6 Å². The topological polar surface area (TPSA) is 95.7 Å². The smallest absolute Gasteiger partial charge is 0.310 e. The molecule has 3 rings (SSSR count). The van der Waals surface area contributed by atoms with Gasteiger partial charge in [0.15, 0.2) is 5.75 Å². The lowest BCUT2D eigenvalue weighted by Gasteiger charge is -2.19. The van der Waals surface area contributed by atoms with Gasteiger partial charge in [-0.2, -0.15) is 0 Å². The van der Waals surface area contributed by atoms with Gasteiger partial charge < -0.3 is 15.3 Å². The molecule has 7 nitrogen and oxygen atoms in total. The van der Waals surface area contributed by atoms with E-state index < -0.39 is 16.4 Å². The first-order chi connectivity index (χ1) is 12.4. The van der Waals surface area contributed by atoms with Crippen LogP contribution in [0.3, 0.4) is 0 Å². The molecule has 136 valence electrons. The number of halogens is 1.